The number of rotatable bonds is 1. The van der Waals surface area contributed by atoms with Gasteiger partial charge in [0.2, 0.25) is 0 Å². The molecule has 3 heteroatoms. The van der Waals surface area contributed by atoms with Crippen LogP contribution in [-0.2, 0) is 0 Å². The zero-order chi connectivity index (χ0) is 19.0. The van der Waals surface area contributed by atoms with E-state index in [1.54, 1.807) is 11.3 Å². The molecule has 7 atom stereocenters. The van der Waals surface area contributed by atoms with E-state index in [2.05, 4.69) is 44.4 Å². The van der Waals surface area contributed by atoms with Gasteiger partial charge >= 0.3 is 0 Å². The molecule has 0 spiro atoms. The van der Waals surface area contributed by atoms with Crippen LogP contribution in [0.5, 0.6) is 0 Å². The summed E-state index contributed by atoms with van der Waals surface area (Å²) in [6.07, 6.45) is 8.56. The summed E-state index contributed by atoms with van der Waals surface area (Å²) in [5, 5.41) is 23.4. The van der Waals surface area contributed by atoms with Gasteiger partial charge in [-0.2, -0.15) is 0 Å². The maximum absolute atomic E-state index is 11.0. The number of aliphatic hydroxyl groups excluding tert-OH is 2. The second-order valence-corrected chi connectivity index (χ2v) is 11.1. The molecular formula is C24H32O2S. The van der Waals surface area contributed by atoms with Crippen molar-refractivity contribution in [2.24, 2.45) is 34.5 Å². The first kappa shape index (κ1) is 18.0. The molecule has 4 aliphatic rings. The number of hydrogen-bond donors (Lipinski definition) is 2. The Labute approximate surface area is 167 Å². The van der Waals surface area contributed by atoms with Crippen molar-refractivity contribution >= 4 is 16.9 Å². The van der Waals surface area contributed by atoms with Crippen LogP contribution in [0.4, 0.5) is 0 Å². The van der Waals surface area contributed by atoms with Crippen molar-refractivity contribution in [2.45, 2.75) is 65.4 Å². The monoisotopic (exact) mass is 384 g/mol. The standard InChI is InChI=1S/C24H32O2S/c1-14-11-15-12-16(25)6-8-23(15,2)17-7-9-24(3)18(21(14)17)13-19(26)22(24)20-5-4-10-27-20/h4-5,10-11,14,16-18,21,25-26H,6-9,12-13H2,1-3H3/t14-,16-,17-,18-,21+,23-,24-/m0/s1. The molecule has 1 aromatic heterocycles. The molecule has 4 aliphatic carbocycles. The number of fused-ring (bicyclic) bond motifs is 5. The van der Waals surface area contributed by atoms with E-state index in [0.29, 0.717) is 29.4 Å². The fraction of sp³-hybridized carbons (Fsp3) is 0.667. The SMILES string of the molecule is C[C@H]1C=C2C[C@@H](O)CC[C@]2(C)[C@H]2CC[C@]3(C)C(c4cccs4)=C(O)C[C@H]3[C@H]12. The van der Waals surface area contributed by atoms with Gasteiger partial charge in [0, 0.05) is 22.3 Å². The zero-order valence-corrected chi connectivity index (χ0v) is 17.6. The van der Waals surface area contributed by atoms with Gasteiger partial charge < -0.3 is 10.2 Å². The molecule has 0 aliphatic heterocycles. The molecule has 0 bridgehead atoms. The molecular weight excluding hydrogens is 352 g/mol. The molecule has 2 N–H and O–H groups in total. The number of allylic oxidation sites excluding steroid dienone is 3. The normalized spacial score (nSPS) is 46.5. The van der Waals surface area contributed by atoms with Crippen LogP contribution in [0, 0.1) is 34.5 Å². The maximum Gasteiger partial charge on any atom is 0.0977 e. The van der Waals surface area contributed by atoms with Crippen LogP contribution >= 0.6 is 11.3 Å². The Kier molecular flexibility index (Phi) is 3.98. The van der Waals surface area contributed by atoms with Crippen molar-refractivity contribution in [3.8, 4) is 0 Å². The van der Waals surface area contributed by atoms with Gasteiger partial charge in [-0.25, -0.2) is 0 Å². The predicted octanol–water partition coefficient (Wildman–Crippen LogP) is 6.20. The van der Waals surface area contributed by atoms with E-state index < -0.39 is 0 Å². The Morgan fingerprint density at radius 1 is 1.07 bits per heavy atom. The molecule has 0 saturated heterocycles. The van der Waals surface area contributed by atoms with Crippen molar-refractivity contribution in [2.75, 3.05) is 0 Å². The first-order valence-corrected chi connectivity index (χ1v) is 11.6. The molecule has 5 rings (SSSR count). The van der Waals surface area contributed by atoms with Crippen LogP contribution in [0.15, 0.2) is 34.9 Å². The highest BCUT2D eigenvalue weighted by Gasteiger charge is 2.60. The van der Waals surface area contributed by atoms with E-state index in [1.807, 2.05) is 0 Å². The highest BCUT2D eigenvalue weighted by atomic mass is 32.1. The second-order valence-electron chi connectivity index (χ2n) is 10.1. The largest absolute Gasteiger partial charge is 0.512 e. The average molecular weight is 385 g/mol. The first-order chi connectivity index (χ1) is 12.8. The Balaban J connectivity index is 1.55. The van der Waals surface area contributed by atoms with Gasteiger partial charge in [0.05, 0.1) is 11.9 Å². The van der Waals surface area contributed by atoms with Gasteiger partial charge in [-0.3, -0.25) is 0 Å². The molecule has 1 heterocycles. The van der Waals surface area contributed by atoms with Gasteiger partial charge in [0.1, 0.15) is 0 Å². The Hall–Kier alpha value is -1.06. The molecule has 2 nitrogen and oxygen atoms in total. The lowest BCUT2D eigenvalue weighted by molar-refractivity contribution is -0.0437. The summed E-state index contributed by atoms with van der Waals surface area (Å²) in [4.78, 5) is 1.27. The van der Waals surface area contributed by atoms with Gasteiger partial charge in [0.15, 0.2) is 0 Å². The van der Waals surface area contributed by atoms with Gasteiger partial charge in [-0.15, -0.1) is 11.3 Å². The molecule has 146 valence electrons. The molecule has 0 aromatic carbocycles. The molecule has 1 aromatic rings. The maximum atomic E-state index is 11.0. The predicted molar refractivity (Wildman–Crippen MR) is 112 cm³/mol. The van der Waals surface area contributed by atoms with Crippen molar-refractivity contribution in [3.63, 3.8) is 0 Å². The second kappa shape index (κ2) is 5.97. The van der Waals surface area contributed by atoms with Crippen molar-refractivity contribution < 1.29 is 10.2 Å². The van der Waals surface area contributed by atoms with Crippen LogP contribution in [0.25, 0.3) is 5.57 Å². The molecule has 0 amide bonds. The third-order valence-electron chi connectivity index (χ3n) is 8.84. The molecule has 2 fully saturated rings. The third kappa shape index (κ3) is 2.40. The van der Waals surface area contributed by atoms with E-state index in [-0.39, 0.29) is 16.9 Å². The van der Waals surface area contributed by atoms with Crippen LogP contribution in [0.3, 0.4) is 0 Å². The fourth-order valence-corrected chi connectivity index (χ4v) is 8.43. The fourth-order valence-electron chi connectivity index (χ4n) is 7.50. The van der Waals surface area contributed by atoms with Crippen LogP contribution in [0.1, 0.15) is 64.2 Å². The average Bonchev–Trinajstić information content (AvgIpc) is 3.21. The Morgan fingerprint density at radius 2 is 1.85 bits per heavy atom. The smallest absolute Gasteiger partial charge is 0.0977 e. The van der Waals surface area contributed by atoms with Gasteiger partial charge in [0.25, 0.3) is 0 Å². The highest BCUT2D eigenvalue weighted by Crippen LogP contribution is 2.68. The first-order valence-electron chi connectivity index (χ1n) is 10.7. The third-order valence-corrected chi connectivity index (χ3v) is 9.73. The van der Waals surface area contributed by atoms with Gasteiger partial charge in [-0.1, -0.05) is 38.5 Å². The van der Waals surface area contributed by atoms with Crippen LogP contribution < -0.4 is 0 Å². The number of thiophene rings is 1. The molecule has 0 radical (unpaired) electrons. The quantitative estimate of drug-likeness (QED) is 0.566. The topological polar surface area (TPSA) is 40.5 Å². The lowest BCUT2D eigenvalue weighted by Gasteiger charge is -2.59. The zero-order valence-electron chi connectivity index (χ0n) is 16.7. The minimum absolute atomic E-state index is 0.0975. The van der Waals surface area contributed by atoms with Crippen LogP contribution in [-0.4, -0.2) is 16.3 Å². The highest BCUT2D eigenvalue weighted by molar-refractivity contribution is 7.11. The van der Waals surface area contributed by atoms with Crippen molar-refractivity contribution in [3.05, 3.63) is 39.8 Å². The van der Waals surface area contributed by atoms with Gasteiger partial charge in [-0.05, 0) is 72.6 Å². The molecule has 27 heavy (non-hydrogen) atoms. The summed E-state index contributed by atoms with van der Waals surface area (Å²) in [5.74, 6) is 3.03. The molecule has 0 unspecified atom stereocenters. The van der Waals surface area contributed by atoms with Crippen molar-refractivity contribution in [1.29, 1.82) is 0 Å². The number of hydrogen-bond acceptors (Lipinski definition) is 3. The Morgan fingerprint density at radius 3 is 2.59 bits per heavy atom. The van der Waals surface area contributed by atoms with E-state index in [0.717, 1.165) is 25.7 Å². The minimum Gasteiger partial charge on any atom is -0.512 e. The number of aliphatic hydroxyl groups is 2. The summed E-state index contributed by atoms with van der Waals surface area (Å²) in [6, 6.07) is 4.29. The van der Waals surface area contributed by atoms with E-state index in [1.165, 1.54) is 28.9 Å². The summed E-state index contributed by atoms with van der Waals surface area (Å²) >= 11 is 1.77. The summed E-state index contributed by atoms with van der Waals surface area (Å²) in [5.41, 5.74) is 3.11. The molecule has 2 saturated carbocycles. The Bertz CT molecular complexity index is 806. The van der Waals surface area contributed by atoms with E-state index >= 15 is 0 Å². The van der Waals surface area contributed by atoms with Crippen LogP contribution in [0.2, 0.25) is 0 Å². The minimum atomic E-state index is -0.149. The lowest BCUT2D eigenvalue weighted by atomic mass is 9.45. The lowest BCUT2D eigenvalue weighted by Crippen LogP contribution is -2.52. The van der Waals surface area contributed by atoms with Crippen molar-refractivity contribution in [1.82, 2.24) is 0 Å². The van der Waals surface area contributed by atoms with E-state index in [9.17, 15) is 10.2 Å². The summed E-state index contributed by atoms with van der Waals surface area (Å²) in [6.45, 7) is 7.28. The van der Waals surface area contributed by atoms with E-state index in [4.69, 9.17) is 0 Å². The summed E-state index contributed by atoms with van der Waals surface area (Å²) < 4.78 is 0. The summed E-state index contributed by atoms with van der Waals surface area (Å²) in [7, 11) is 0.